The van der Waals surface area contributed by atoms with Gasteiger partial charge in [0.1, 0.15) is 0 Å². The van der Waals surface area contributed by atoms with Gasteiger partial charge in [0, 0.05) is 51.7 Å². The second kappa shape index (κ2) is 10.2. The Bertz CT molecular complexity index is 495. The van der Waals surface area contributed by atoms with Crippen molar-refractivity contribution in [2.75, 3.05) is 39.8 Å². The first-order chi connectivity index (χ1) is 11.3. The summed E-state index contributed by atoms with van der Waals surface area (Å²) in [5, 5.41) is 10.9. The molecule has 2 aliphatic heterocycles. The van der Waals surface area contributed by atoms with Crippen molar-refractivity contribution in [1.82, 2.24) is 25.3 Å². The van der Waals surface area contributed by atoms with Crippen LogP contribution in [0.1, 0.15) is 19.3 Å². The maximum atomic E-state index is 5.96. The summed E-state index contributed by atoms with van der Waals surface area (Å²) in [5.74, 6) is 0.845. The SMILES string of the molecule is CN=C(NCCCn1cccn1)NCC1CN2CCCC2CO1.I. The fraction of sp³-hybridized carbons (Fsp3) is 0.750. The molecule has 0 spiro atoms. The van der Waals surface area contributed by atoms with Gasteiger partial charge in [-0.1, -0.05) is 0 Å². The Morgan fingerprint density at radius 2 is 2.33 bits per heavy atom. The van der Waals surface area contributed by atoms with Crippen LogP contribution < -0.4 is 10.6 Å². The minimum absolute atomic E-state index is 0. The van der Waals surface area contributed by atoms with E-state index < -0.39 is 0 Å². The van der Waals surface area contributed by atoms with Gasteiger partial charge in [-0.15, -0.1) is 24.0 Å². The molecule has 3 rings (SSSR count). The fourth-order valence-corrected chi connectivity index (χ4v) is 3.32. The van der Waals surface area contributed by atoms with Crippen molar-refractivity contribution in [2.24, 2.45) is 4.99 Å². The molecule has 2 unspecified atom stereocenters. The van der Waals surface area contributed by atoms with Crippen LogP contribution in [0.5, 0.6) is 0 Å². The summed E-state index contributed by atoms with van der Waals surface area (Å²) < 4.78 is 7.91. The number of aliphatic imine (C=N–C) groups is 1. The molecule has 136 valence electrons. The molecule has 2 aliphatic rings. The van der Waals surface area contributed by atoms with E-state index >= 15 is 0 Å². The standard InChI is InChI=1S/C16H28N6O.HI/c1-17-16(18-6-3-9-22-10-4-7-20-22)19-11-15-12-21-8-2-5-14(21)13-23-15;/h4,7,10,14-15H,2-3,5-6,8-9,11-13H2,1H3,(H2,17,18,19);1H. The average Bonchev–Trinajstić information content (AvgIpc) is 3.25. The first-order valence-electron chi connectivity index (χ1n) is 8.63. The van der Waals surface area contributed by atoms with Crippen LogP contribution in [-0.4, -0.2) is 72.6 Å². The van der Waals surface area contributed by atoms with Crippen molar-refractivity contribution in [3.63, 3.8) is 0 Å². The topological polar surface area (TPSA) is 66.7 Å². The lowest BCUT2D eigenvalue weighted by atomic mass is 10.2. The Kier molecular flexibility index (Phi) is 8.26. The van der Waals surface area contributed by atoms with Gasteiger partial charge in [0.25, 0.3) is 0 Å². The number of morpholine rings is 1. The van der Waals surface area contributed by atoms with Gasteiger partial charge in [0.15, 0.2) is 5.96 Å². The minimum atomic E-state index is 0. The zero-order chi connectivity index (χ0) is 15.9. The van der Waals surface area contributed by atoms with Crippen molar-refractivity contribution in [3.8, 4) is 0 Å². The van der Waals surface area contributed by atoms with Crippen molar-refractivity contribution in [2.45, 2.75) is 38.0 Å². The van der Waals surface area contributed by atoms with Crippen LogP contribution >= 0.6 is 24.0 Å². The van der Waals surface area contributed by atoms with Gasteiger partial charge in [-0.25, -0.2) is 0 Å². The van der Waals surface area contributed by atoms with Gasteiger partial charge in [0.05, 0.1) is 12.7 Å². The molecule has 2 fully saturated rings. The van der Waals surface area contributed by atoms with Crippen LogP contribution in [0.3, 0.4) is 0 Å². The number of aryl methyl sites for hydroxylation is 1. The highest BCUT2D eigenvalue weighted by molar-refractivity contribution is 14.0. The summed E-state index contributed by atoms with van der Waals surface area (Å²) in [5.41, 5.74) is 0. The number of halogens is 1. The molecule has 0 amide bonds. The Balaban J connectivity index is 0.00000208. The number of ether oxygens (including phenoxy) is 1. The molecule has 0 radical (unpaired) electrons. The summed E-state index contributed by atoms with van der Waals surface area (Å²) in [4.78, 5) is 6.84. The van der Waals surface area contributed by atoms with Gasteiger partial charge in [-0.05, 0) is 31.9 Å². The number of guanidine groups is 1. The Morgan fingerprint density at radius 3 is 3.12 bits per heavy atom. The van der Waals surface area contributed by atoms with Crippen molar-refractivity contribution in [1.29, 1.82) is 0 Å². The molecule has 0 aromatic carbocycles. The molecule has 8 heteroatoms. The summed E-state index contributed by atoms with van der Waals surface area (Å²) in [7, 11) is 1.81. The molecule has 1 aromatic rings. The van der Waals surface area contributed by atoms with Crippen LogP contribution in [0.4, 0.5) is 0 Å². The third kappa shape index (κ3) is 5.59. The highest BCUT2D eigenvalue weighted by Crippen LogP contribution is 2.22. The number of rotatable bonds is 6. The molecule has 0 saturated carbocycles. The lowest BCUT2D eigenvalue weighted by Gasteiger charge is -2.35. The zero-order valence-corrected chi connectivity index (χ0v) is 16.7. The Morgan fingerprint density at radius 1 is 1.42 bits per heavy atom. The smallest absolute Gasteiger partial charge is 0.191 e. The van der Waals surface area contributed by atoms with Gasteiger partial charge in [-0.3, -0.25) is 14.6 Å². The number of hydrogen-bond acceptors (Lipinski definition) is 4. The maximum Gasteiger partial charge on any atom is 0.191 e. The molecule has 7 nitrogen and oxygen atoms in total. The molecular weight excluding hydrogens is 419 g/mol. The summed E-state index contributed by atoms with van der Waals surface area (Å²) in [6.07, 6.45) is 7.67. The fourth-order valence-electron chi connectivity index (χ4n) is 3.32. The molecule has 2 saturated heterocycles. The molecule has 2 N–H and O–H groups in total. The van der Waals surface area contributed by atoms with Crippen molar-refractivity contribution < 1.29 is 4.74 Å². The van der Waals surface area contributed by atoms with E-state index in [0.29, 0.717) is 6.04 Å². The molecule has 0 aliphatic carbocycles. The van der Waals surface area contributed by atoms with E-state index in [4.69, 9.17) is 4.74 Å². The highest BCUT2D eigenvalue weighted by Gasteiger charge is 2.31. The number of aromatic nitrogens is 2. The molecule has 1 aromatic heterocycles. The monoisotopic (exact) mass is 448 g/mol. The van der Waals surface area contributed by atoms with Gasteiger partial charge >= 0.3 is 0 Å². The normalized spacial score (nSPS) is 24.3. The van der Waals surface area contributed by atoms with Crippen LogP contribution in [0.25, 0.3) is 0 Å². The van der Waals surface area contributed by atoms with E-state index in [2.05, 4.69) is 25.6 Å². The lowest BCUT2D eigenvalue weighted by Crippen LogP contribution is -2.51. The molecule has 0 bridgehead atoms. The average molecular weight is 448 g/mol. The summed E-state index contributed by atoms with van der Waals surface area (Å²) in [6, 6.07) is 2.61. The molecule has 2 atom stereocenters. The molecule has 3 heterocycles. The predicted octanol–water partition coefficient (Wildman–Crippen LogP) is 0.919. The summed E-state index contributed by atoms with van der Waals surface area (Å²) in [6.45, 7) is 5.74. The first-order valence-corrected chi connectivity index (χ1v) is 8.63. The van der Waals surface area contributed by atoms with E-state index in [1.165, 1.54) is 19.4 Å². The van der Waals surface area contributed by atoms with Gasteiger partial charge in [-0.2, -0.15) is 5.10 Å². The minimum Gasteiger partial charge on any atom is -0.373 e. The first kappa shape index (κ1) is 19.5. The second-order valence-corrected chi connectivity index (χ2v) is 6.25. The van der Waals surface area contributed by atoms with Crippen LogP contribution in [-0.2, 0) is 11.3 Å². The van der Waals surface area contributed by atoms with Gasteiger partial charge < -0.3 is 15.4 Å². The van der Waals surface area contributed by atoms with Crippen molar-refractivity contribution >= 4 is 29.9 Å². The summed E-state index contributed by atoms with van der Waals surface area (Å²) >= 11 is 0. The second-order valence-electron chi connectivity index (χ2n) is 6.25. The molecular formula is C16H29IN6O. The third-order valence-corrected chi connectivity index (χ3v) is 4.60. The largest absolute Gasteiger partial charge is 0.373 e. The Hall–Kier alpha value is -0.870. The van der Waals surface area contributed by atoms with E-state index in [1.54, 1.807) is 7.05 Å². The zero-order valence-electron chi connectivity index (χ0n) is 14.4. The van der Waals surface area contributed by atoms with Crippen molar-refractivity contribution in [3.05, 3.63) is 18.5 Å². The van der Waals surface area contributed by atoms with E-state index in [1.807, 2.05) is 23.1 Å². The number of hydrogen-bond donors (Lipinski definition) is 2. The Labute approximate surface area is 161 Å². The van der Waals surface area contributed by atoms with Crippen LogP contribution in [0.15, 0.2) is 23.5 Å². The predicted molar refractivity (Wildman–Crippen MR) is 106 cm³/mol. The number of nitrogens with one attached hydrogen (secondary N) is 2. The quantitative estimate of drug-likeness (QED) is 0.293. The maximum absolute atomic E-state index is 5.96. The van der Waals surface area contributed by atoms with Crippen LogP contribution in [0.2, 0.25) is 0 Å². The third-order valence-electron chi connectivity index (χ3n) is 4.60. The van der Waals surface area contributed by atoms with E-state index in [0.717, 1.165) is 45.2 Å². The van der Waals surface area contributed by atoms with Gasteiger partial charge in [0.2, 0.25) is 0 Å². The number of fused-ring (bicyclic) bond motifs is 1. The lowest BCUT2D eigenvalue weighted by molar-refractivity contribution is -0.0453. The van der Waals surface area contributed by atoms with Crippen LogP contribution in [0, 0.1) is 0 Å². The number of nitrogens with zero attached hydrogens (tertiary/aromatic N) is 4. The van der Waals surface area contributed by atoms with E-state index in [9.17, 15) is 0 Å². The van der Waals surface area contributed by atoms with E-state index in [-0.39, 0.29) is 30.1 Å². The highest BCUT2D eigenvalue weighted by atomic mass is 127. The molecule has 24 heavy (non-hydrogen) atoms.